The minimum atomic E-state index is -0.131. The molecule has 0 aliphatic rings. The molecule has 0 spiro atoms. The first-order valence-corrected chi connectivity index (χ1v) is 9.37. The zero-order chi connectivity index (χ0) is 18.6. The van der Waals surface area contributed by atoms with E-state index in [0.29, 0.717) is 11.1 Å². The average Bonchev–Trinajstić information content (AvgIpc) is 3.38. The highest BCUT2D eigenvalue weighted by atomic mass is 32.1. The van der Waals surface area contributed by atoms with E-state index in [4.69, 9.17) is 0 Å². The minimum absolute atomic E-state index is 0.0584. The zero-order valence-corrected chi connectivity index (χ0v) is 15.1. The number of aromatic nitrogens is 1. The number of benzene rings is 2. The third-order valence-corrected chi connectivity index (χ3v) is 4.91. The maximum Gasteiger partial charge on any atom is 0.262 e. The number of thiophene rings is 1. The second kappa shape index (κ2) is 7.43. The van der Waals surface area contributed by atoms with Gasteiger partial charge in [0.25, 0.3) is 11.8 Å². The molecule has 5 heteroatoms. The van der Waals surface area contributed by atoms with E-state index in [1.165, 1.54) is 11.3 Å². The van der Waals surface area contributed by atoms with Gasteiger partial charge in [-0.25, -0.2) is 0 Å². The van der Waals surface area contributed by atoms with E-state index in [-0.39, 0.29) is 11.8 Å². The lowest BCUT2D eigenvalue weighted by Gasteiger charge is -2.04. The first-order valence-electron chi connectivity index (χ1n) is 8.43. The van der Waals surface area contributed by atoms with Crippen molar-refractivity contribution in [3.8, 4) is 0 Å². The zero-order valence-electron chi connectivity index (χ0n) is 14.3. The molecule has 0 saturated carbocycles. The van der Waals surface area contributed by atoms with Crippen molar-refractivity contribution in [2.75, 3.05) is 0 Å². The number of fused-ring (bicyclic) bond motifs is 1. The Kier molecular flexibility index (Phi) is 4.68. The summed E-state index contributed by atoms with van der Waals surface area (Å²) < 4.78 is 1.65. The van der Waals surface area contributed by atoms with Crippen LogP contribution in [0.2, 0.25) is 0 Å². The van der Waals surface area contributed by atoms with Crippen molar-refractivity contribution in [2.24, 2.45) is 0 Å². The van der Waals surface area contributed by atoms with Crippen molar-refractivity contribution in [3.63, 3.8) is 0 Å². The minimum Gasteiger partial charge on any atom is -0.329 e. The maximum atomic E-state index is 12.7. The van der Waals surface area contributed by atoms with Crippen LogP contribution in [-0.2, 0) is 0 Å². The molecule has 0 radical (unpaired) electrons. The second-order valence-corrected chi connectivity index (χ2v) is 6.77. The van der Waals surface area contributed by atoms with Crippen LogP contribution in [-0.4, -0.2) is 16.4 Å². The van der Waals surface area contributed by atoms with E-state index in [9.17, 15) is 9.59 Å². The number of hydrogen-bond donors (Lipinski definition) is 1. The fourth-order valence-electron chi connectivity index (χ4n) is 2.85. The lowest BCUT2D eigenvalue weighted by molar-refractivity contribution is 0.0959. The Morgan fingerprint density at radius 3 is 2.59 bits per heavy atom. The number of nitrogens with zero attached hydrogens (tertiary/aromatic N) is 1. The molecule has 2 heterocycles. The van der Waals surface area contributed by atoms with Crippen molar-refractivity contribution in [1.29, 1.82) is 0 Å². The fourth-order valence-corrected chi connectivity index (χ4v) is 3.49. The van der Waals surface area contributed by atoms with Crippen LogP contribution in [0.5, 0.6) is 0 Å². The summed E-state index contributed by atoms with van der Waals surface area (Å²) >= 11 is 1.49. The monoisotopic (exact) mass is 372 g/mol. The predicted octanol–water partition coefficient (Wildman–Crippen LogP) is 4.79. The Balaban J connectivity index is 1.53. The molecular formula is C22H16N2O2S. The van der Waals surface area contributed by atoms with Crippen LogP contribution >= 0.6 is 11.3 Å². The molecule has 0 aliphatic heterocycles. The smallest absolute Gasteiger partial charge is 0.262 e. The number of nitrogens with one attached hydrogen (secondary N) is 1. The van der Waals surface area contributed by atoms with Gasteiger partial charge in [-0.2, -0.15) is 11.3 Å². The molecule has 2 aromatic carbocycles. The summed E-state index contributed by atoms with van der Waals surface area (Å²) in [6, 6.07) is 18.7. The number of hydrogen-bond acceptors (Lipinski definition) is 3. The van der Waals surface area contributed by atoms with Crippen LogP contribution in [0.3, 0.4) is 0 Å². The molecule has 2 aromatic heterocycles. The van der Waals surface area contributed by atoms with Gasteiger partial charge in [0, 0.05) is 28.7 Å². The Bertz CT molecular complexity index is 1130. The molecule has 4 aromatic rings. The molecule has 0 fully saturated rings. The first kappa shape index (κ1) is 17.0. The maximum absolute atomic E-state index is 12.7. The van der Waals surface area contributed by atoms with Gasteiger partial charge < -0.3 is 5.32 Å². The third kappa shape index (κ3) is 3.59. The van der Waals surface area contributed by atoms with E-state index in [1.807, 2.05) is 59.3 Å². The molecule has 0 atom stereocenters. The topological polar surface area (TPSA) is 51.1 Å². The molecule has 4 rings (SSSR count). The highest BCUT2D eigenvalue weighted by Gasteiger charge is 2.11. The first-order chi connectivity index (χ1) is 13.2. The molecule has 0 saturated heterocycles. The molecule has 0 bridgehead atoms. The standard InChI is InChI=1S/C22H16N2O2S/c25-21(19-10-13-27-15-19)23-11-8-16-6-7-20-18(14-16)9-12-24(20)22(26)17-4-2-1-3-5-17/h1-15H,(H,23,25)/b11-8+. The van der Waals surface area contributed by atoms with Gasteiger partial charge in [0.05, 0.1) is 11.1 Å². The molecule has 132 valence electrons. The quantitative estimate of drug-likeness (QED) is 0.560. The van der Waals surface area contributed by atoms with Crippen molar-refractivity contribution in [2.45, 2.75) is 0 Å². The van der Waals surface area contributed by atoms with Gasteiger partial charge in [0.2, 0.25) is 0 Å². The van der Waals surface area contributed by atoms with Gasteiger partial charge >= 0.3 is 0 Å². The van der Waals surface area contributed by atoms with Crippen molar-refractivity contribution in [3.05, 3.63) is 101 Å². The Hall–Kier alpha value is -3.44. The van der Waals surface area contributed by atoms with E-state index in [1.54, 1.807) is 35.2 Å². The number of amides is 1. The molecular weight excluding hydrogens is 356 g/mol. The van der Waals surface area contributed by atoms with Crippen LogP contribution in [0.15, 0.2) is 83.8 Å². The number of carbonyl (C=O) groups is 2. The van der Waals surface area contributed by atoms with Gasteiger partial charge in [-0.3, -0.25) is 14.2 Å². The van der Waals surface area contributed by atoms with Crippen LogP contribution in [0, 0.1) is 0 Å². The largest absolute Gasteiger partial charge is 0.329 e. The normalized spacial score (nSPS) is 11.1. The number of carbonyl (C=O) groups excluding carboxylic acids is 2. The van der Waals surface area contributed by atoms with E-state index in [2.05, 4.69) is 5.32 Å². The molecule has 1 amide bonds. The summed E-state index contributed by atoms with van der Waals surface area (Å²) in [5.74, 6) is -0.190. The van der Waals surface area contributed by atoms with Gasteiger partial charge in [-0.1, -0.05) is 24.3 Å². The predicted molar refractivity (Wildman–Crippen MR) is 109 cm³/mol. The molecule has 0 unspecified atom stereocenters. The summed E-state index contributed by atoms with van der Waals surface area (Å²) in [6.07, 6.45) is 5.25. The summed E-state index contributed by atoms with van der Waals surface area (Å²) in [5, 5.41) is 7.39. The summed E-state index contributed by atoms with van der Waals surface area (Å²) in [4.78, 5) is 24.6. The van der Waals surface area contributed by atoms with E-state index < -0.39 is 0 Å². The Morgan fingerprint density at radius 1 is 0.963 bits per heavy atom. The van der Waals surface area contributed by atoms with Gasteiger partial charge in [-0.15, -0.1) is 0 Å². The summed E-state index contributed by atoms with van der Waals surface area (Å²) in [5.41, 5.74) is 3.09. The molecule has 1 N–H and O–H groups in total. The lowest BCUT2D eigenvalue weighted by Crippen LogP contribution is -2.15. The molecule has 0 aliphatic carbocycles. The van der Waals surface area contributed by atoms with Crippen LogP contribution in [0.4, 0.5) is 0 Å². The average molecular weight is 372 g/mol. The number of rotatable bonds is 4. The van der Waals surface area contributed by atoms with Gasteiger partial charge in [0.1, 0.15) is 0 Å². The summed E-state index contributed by atoms with van der Waals surface area (Å²) in [7, 11) is 0. The Morgan fingerprint density at radius 2 is 1.81 bits per heavy atom. The fraction of sp³-hybridized carbons (Fsp3) is 0. The van der Waals surface area contributed by atoms with Gasteiger partial charge in [0.15, 0.2) is 0 Å². The molecule has 4 nitrogen and oxygen atoms in total. The van der Waals surface area contributed by atoms with Gasteiger partial charge in [-0.05, 0) is 53.4 Å². The van der Waals surface area contributed by atoms with Crippen molar-refractivity contribution < 1.29 is 9.59 Å². The SMILES string of the molecule is O=C(N/C=C/c1ccc2c(ccn2C(=O)c2ccccc2)c1)c1ccsc1. The van der Waals surface area contributed by atoms with E-state index in [0.717, 1.165) is 16.5 Å². The Labute approximate surface area is 160 Å². The second-order valence-electron chi connectivity index (χ2n) is 5.99. The lowest BCUT2D eigenvalue weighted by atomic mass is 10.1. The van der Waals surface area contributed by atoms with Crippen molar-refractivity contribution in [1.82, 2.24) is 9.88 Å². The summed E-state index contributed by atoms with van der Waals surface area (Å²) in [6.45, 7) is 0. The van der Waals surface area contributed by atoms with Crippen LogP contribution < -0.4 is 5.32 Å². The van der Waals surface area contributed by atoms with E-state index >= 15 is 0 Å². The molecule has 27 heavy (non-hydrogen) atoms. The highest BCUT2D eigenvalue weighted by molar-refractivity contribution is 7.08. The van der Waals surface area contributed by atoms with Crippen LogP contribution in [0.1, 0.15) is 26.3 Å². The van der Waals surface area contributed by atoms with Crippen molar-refractivity contribution >= 4 is 40.1 Å². The highest BCUT2D eigenvalue weighted by Crippen LogP contribution is 2.20. The third-order valence-electron chi connectivity index (χ3n) is 4.23. The van der Waals surface area contributed by atoms with Crippen LogP contribution in [0.25, 0.3) is 17.0 Å².